The minimum Gasteiger partial charge on any atom is -0.392 e. The van der Waals surface area contributed by atoms with Gasteiger partial charge in [-0.2, -0.15) is 0 Å². The molecule has 4 heteroatoms. The van der Waals surface area contributed by atoms with Crippen molar-refractivity contribution in [2.45, 2.75) is 32.9 Å². The van der Waals surface area contributed by atoms with Crippen LogP contribution >= 0.6 is 15.9 Å². The number of anilines is 1. The van der Waals surface area contributed by atoms with Crippen LogP contribution in [0.1, 0.15) is 26.3 Å². The maximum atomic E-state index is 9.50. The summed E-state index contributed by atoms with van der Waals surface area (Å²) in [5.74, 6) is 0. The third-order valence-electron chi connectivity index (χ3n) is 3.78. The van der Waals surface area contributed by atoms with Crippen LogP contribution in [0.5, 0.6) is 0 Å². The summed E-state index contributed by atoms with van der Waals surface area (Å²) in [5, 5.41) is 9.50. The molecule has 0 saturated carbocycles. The average molecular weight is 327 g/mol. The van der Waals surface area contributed by atoms with Gasteiger partial charge in [-0.3, -0.25) is 4.90 Å². The van der Waals surface area contributed by atoms with E-state index in [0.717, 1.165) is 36.2 Å². The van der Waals surface area contributed by atoms with E-state index in [1.54, 1.807) is 0 Å². The maximum Gasteiger partial charge on any atom is 0.0702 e. The molecule has 1 fully saturated rings. The molecule has 0 spiro atoms. The first-order chi connectivity index (χ1) is 8.91. The summed E-state index contributed by atoms with van der Waals surface area (Å²) in [6.07, 6.45) is 0. The summed E-state index contributed by atoms with van der Waals surface area (Å²) in [7, 11) is 0. The molecule has 1 saturated heterocycles. The highest BCUT2D eigenvalue weighted by Gasteiger charge is 2.26. The second-order valence-electron chi connectivity index (χ2n) is 6.08. The van der Waals surface area contributed by atoms with Gasteiger partial charge in [0.05, 0.1) is 6.61 Å². The standard InChI is InChI=1S/C15H23BrN2O/c1-15(2,3)18-8-6-17(7-9-18)14-5-4-13(16)10-12(14)11-19/h4-5,10,19H,6-9,11H2,1-3H3. The fourth-order valence-electron chi connectivity index (χ4n) is 2.61. The second-order valence-corrected chi connectivity index (χ2v) is 6.99. The van der Waals surface area contributed by atoms with E-state index in [9.17, 15) is 5.11 Å². The normalized spacial score (nSPS) is 17.8. The van der Waals surface area contributed by atoms with Gasteiger partial charge < -0.3 is 10.0 Å². The minimum atomic E-state index is 0.0915. The fourth-order valence-corrected chi connectivity index (χ4v) is 3.02. The van der Waals surface area contributed by atoms with Gasteiger partial charge in [0.2, 0.25) is 0 Å². The van der Waals surface area contributed by atoms with Crippen molar-refractivity contribution in [3.8, 4) is 0 Å². The lowest BCUT2D eigenvalue weighted by atomic mass is 10.0. The Morgan fingerprint density at radius 3 is 2.32 bits per heavy atom. The summed E-state index contributed by atoms with van der Waals surface area (Å²) in [5.41, 5.74) is 2.41. The van der Waals surface area contributed by atoms with Crippen molar-refractivity contribution in [1.82, 2.24) is 4.90 Å². The molecule has 1 aromatic rings. The van der Waals surface area contributed by atoms with E-state index in [4.69, 9.17) is 0 Å². The molecule has 106 valence electrons. The molecule has 3 nitrogen and oxygen atoms in total. The van der Waals surface area contributed by atoms with E-state index in [0.29, 0.717) is 0 Å². The number of benzene rings is 1. The van der Waals surface area contributed by atoms with Crippen LogP contribution < -0.4 is 4.90 Å². The Kier molecular flexibility index (Phi) is 4.54. The van der Waals surface area contributed by atoms with Crippen molar-refractivity contribution in [3.63, 3.8) is 0 Å². The van der Waals surface area contributed by atoms with Crippen molar-refractivity contribution in [2.24, 2.45) is 0 Å². The summed E-state index contributed by atoms with van der Waals surface area (Å²) in [6, 6.07) is 6.15. The van der Waals surface area contributed by atoms with Gasteiger partial charge in [0.15, 0.2) is 0 Å². The Morgan fingerprint density at radius 1 is 1.16 bits per heavy atom. The minimum absolute atomic E-state index is 0.0915. The molecule has 2 rings (SSSR count). The summed E-state index contributed by atoms with van der Waals surface area (Å²) in [6.45, 7) is 11.1. The molecule has 0 aromatic heterocycles. The smallest absolute Gasteiger partial charge is 0.0702 e. The fraction of sp³-hybridized carbons (Fsp3) is 0.600. The molecule has 0 radical (unpaired) electrons. The molecule has 0 aliphatic carbocycles. The zero-order valence-corrected chi connectivity index (χ0v) is 13.6. The number of halogens is 1. The highest BCUT2D eigenvalue weighted by molar-refractivity contribution is 9.10. The van der Waals surface area contributed by atoms with Gasteiger partial charge in [0.25, 0.3) is 0 Å². The van der Waals surface area contributed by atoms with Crippen LogP contribution in [0.2, 0.25) is 0 Å². The largest absolute Gasteiger partial charge is 0.392 e. The topological polar surface area (TPSA) is 26.7 Å². The Balaban J connectivity index is 2.10. The zero-order valence-electron chi connectivity index (χ0n) is 12.0. The van der Waals surface area contributed by atoms with Crippen molar-refractivity contribution >= 4 is 21.6 Å². The Hall–Kier alpha value is -0.580. The van der Waals surface area contributed by atoms with E-state index in [1.807, 2.05) is 12.1 Å². The van der Waals surface area contributed by atoms with Crippen LogP contribution in [-0.4, -0.2) is 41.7 Å². The number of rotatable bonds is 2. The zero-order chi connectivity index (χ0) is 14.0. The molecule has 0 unspecified atom stereocenters. The average Bonchev–Trinajstić information content (AvgIpc) is 2.37. The highest BCUT2D eigenvalue weighted by Crippen LogP contribution is 2.27. The van der Waals surface area contributed by atoms with E-state index in [1.165, 1.54) is 5.69 Å². The van der Waals surface area contributed by atoms with Crippen molar-refractivity contribution in [1.29, 1.82) is 0 Å². The molecule has 1 aromatic carbocycles. The predicted octanol–water partition coefficient (Wildman–Crippen LogP) is 2.86. The van der Waals surface area contributed by atoms with Crippen LogP contribution in [0.15, 0.2) is 22.7 Å². The van der Waals surface area contributed by atoms with Crippen LogP contribution in [0.4, 0.5) is 5.69 Å². The van der Waals surface area contributed by atoms with Gasteiger partial charge in [0.1, 0.15) is 0 Å². The third-order valence-corrected chi connectivity index (χ3v) is 4.27. The first-order valence-corrected chi connectivity index (χ1v) is 7.60. The van der Waals surface area contributed by atoms with Gasteiger partial charge >= 0.3 is 0 Å². The monoisotopic (exact) mass is 326 g/mol. The molecule has 1 N–H and O–H groups in total. The number of hydrogen-bond donors (Lipinski definition) is 1. The molecular weight excluding hydrogens is 304 g/mol. The maximum absolute atomic E-state index is 9.50. The van der Waals surface area contributed by atoms with Gasteiger partial charge in [0, 0.05) is 47.4 Å². The van der Waals surface area contributed by atoms with Crippen LogP contribution in [0.25, 0.3) is 0 Å². The second kappa shape index (κ2) is 5.81. The molecule has 19 heavy (non-hydrogen) atoms. The quantitative estimate of drug-likeness (QED) is 0.905. The van der Waals surface area contributed by atoms with Gasteiger partial charge in [-0.25, -0.2) is 0 Å². The van der Waals surface area contributed by atoms with Crippen molar-refractivity contribution in [3.05, 3.63) is 28.2 Å². The lowest BCUT2D eigenvalue weighted by Crippen LogP contribution is -2.53. The van der Waals surface area contributed by atoms with E-state index < -0.39 is 0 Å². The van der Waals surface area contributed by atoms with E-state index >= 15 is 0 Å². The SMILES string of the molecule is CC(C)(C)N1CCN(c2ccc(Br)cc2CO)CC1. The molecule has 0 amide bonds. The first kappa shape index (κ1) is 14.8. The molecule has 1 heterocycles. The summed E-state index contributed by atoms with van der Waals surface area (Å²) < 4.78 is 1.02. The number of nitrogens with zero attached hydrogens (tertiary/aromatic N) is 2. The Morgan fingerprint density at radius 2 is 1.79 bits per heavy atom. The predicted molar refractivity (Wildman–Crippen MR) is 83.6 cm³/mol. The van der Waals surface area contributed by atoms with Crippen LogP contribution in [-0.2, 0) is 6.61 Å². The molecule has 1 aliphatic heterocycles. The van der Waals surface area contributed by atoms with Gasteiger partial charge in [-0.15, -0.1) is 0 Å². The van der Waals surface area contributed by atoms with E-state index in [-0.39, 0.29) is 12.1 Å². The molecule has 0 bridgehead atoms. The number of aliphatic hydroxyl groups is 1. The highest BCUT2D eigenvalue weighted by atomic mass is 79.9. The lowest BCUT2D eigenvalue weighted by Gasteiger charge is -2.43. The molecule has 0 atom stereocenters. The third kappa shape index (κ3) is 3.50. The van der Waals surface area contributed by atoms with E-state index in [2.05, 4.69) is 52.6 Å². The van der Waals surface area contributed by atoms with Gasteiger partial charge in [-0.1, -0.05) is 15.9 Å². The Bertz CT molecular complexity index is 434. The van der Waals surface area contributed by atoms with Crippen LogP contribution in [0, 0.1) is 0 Å². The summed E-state index contributed by atoms with van der Waals surface area (Å²) >= 11 is 3.46. The molecular formula is C15H23BrN2O. The number of aliphatic hydroxyl groups excluding tert-OH is 1. The lowest BCUT2D eigenvalue weighted by molar-refractivity contribution is 0.128. The van der Waals surface area contributed by atoms with Crippen molar-refractivity contribution in [2.75, 3.05) is 31.1 Å². The number of hydrogen-bond acceptors (Lipinski definition) is 3. The molecule has 1 aliphatic rings. The van der Waals surface area contributed by atoms with Crippen LogP contribution in [0.3, 0.4) is 0 Å². The Labute approximate surface area is 124 Å². The van der Waals surface area contributed by atoms with Gasteiger partial charge in [-0.05, 0) is 39.0 Å². The number of piperazine rings is 1. The first-order valence-electron chi connectivity index (χ1n) is 6.81. The summed E-state index contributed by atoms with van der Waals surface area (Å²) in [4.78, 5) is 4.89. The van der Waals surface area contributed by atoms with Crippen molar-refractivity contribution < 1.29 is 5.11 Å².